The molecule has 1 aliphatic rings. The molecule has 2 aromatic heterocycles. The number of benzene rings is 1. The zero-order valence-electron chi connectivity index (χ0n) is 17.9. The molecule has 1 aliphatic heterocycles. The van der Waals surface area contributed by atoms with Gasteiger partial charge in [-0.25, -0.2) is 4.98 Å². The molecule has 162 valence electrons. The van der Waals surface area contributed by atoms with Crippen LogP contribution in [0.1, 0.15) is 35.8 Å². The van der Waals surface area contributed by atoms with Gasteiger partial charge in [0.1, 0.15) is 17.2 Å². The zero-order valence-corrected chi connectivity index (χ0v) is 17.9. The van der Waals surface area contributed by atoms with Crippen LogP contribution in [0.15, 0.2) is 35.1 Å². The summed E-state index contributed by atoms with van der Waals surface area (Å²) in [5, 5.41) is 4.13. The first-order valence-corrected chi connectivity index (χ1v) is 10.2. The Balaban J connectivity index is 1.37. The lowest BCUT2D eigenvalue weighted by atomic mass is 9.95. The van der Waals surface area contributed by atoms with Crippen LogP contribution in [-0.4, -0.2) is 58.2 Å². The van der Waals surface area contributed by atoms with Crippen LogP contribution in [-0.2, 0) is 11.2 Å². The van der Waals surface area contributed by atoms with Crippen LogP contribution >= 0.6 is 0 Å². The third-order valence-corrected chi connectivity index (χ3v) is 5.48. The smallest absolute Gasteiger partial charge is 0.278 e. The van der Waals surface area contributed by atoms with E-state index in [0.29, 0.717) is 42.0 Å². The second-order valence-electron chi connectivity index (χ2n) is 7.51. The monoisotopic (exact) mass is 423 g/mol. The first-order valence-electron chi connectivity index (χ1n) is 10.2. The lowest BCUT2D eigenvalue weighted by molar-refractivity contribution is -0.131. The van der Waals surface area contributed by atoms with E-state index in [1.807, 2.05) is 30.0 Å². The highest BCUT2D eigenvalue weighted by atomic mass is 16.5. The molecule has 3 heterocycles. The topological polar surface area (TPSA) is 103 Å². The minimum absolute atomic E-state index is 0.0636. The molecule has 3 aromatic rings. The molecule has 9 heteroatoms. The van der Waals surface area contributed by atoms with Crippen LogP contribution in [0.25, 0.3) is 11.6 Å². The van der Waals surface area contributed by atoms with Gasteiger partial charge in [-0.3, -0.25) is 9.78 Å². The summed E-state index contributed by atoms with van der Waals surface area (Å²) in [4.78, 5) is 27.7. The Bertz CT molecular complexity index is 1040. The van der Waals surface area contributed by atoms with Crippen LogP contribution in [0.3, 0.4) is 0 Å². The van der Waals surface area contributed by atoms with Gasteiger partial charge < -0.3 is 18.9 Å². The number of nitrogens with zero attached hydrogens (tertiary/aromatic N) is 5. The van der Waals surface area contributed by atoms with Gasteiger partial charge in [0.2, 0.25) is 5.91 Å². The van der Waals surface area contributed by atoms with E-state index in [0.717, 1.165) is 24.1 Å². The number of hydrogen-bond donors (Lipinski definition) is 0. The van der Waals surface area contributed by atoms with Crippen molar-refractivity contribution in [2.75, 3.05) is 27.3 Å². The molecule has 31 heavy (non-hydrogen) atoms. The largest absolute Gasteiger partial charge is 0.497 e. The third-order valence-electron chi connectivity index (χ3n) is 5.48. The number of aryl methyl sites for hydroxylation is 1. The molecule has 1 fully saturated rings. The molecule has 0 atom stereocenters. The summed E-state index contributed by atoms with van der Waals surface area (Å²) >= 11 is 0. The molecule has 1 amide bonds. The SMILES string of the molecule is COc1ccc(OC)c(CC(=O)N2CCC(c3noc(-c4cnc(C)cn4)n3)CC2)c1. The van der Waals surface area contributed by atoms with Crippen molar-refractivity contribution in [1.29, 1.82) is 0 Å². The summed E-state index contributed by atoms with van der Waals surface area (Å²) in [6, 6.07) is 5.48. The van der Waals surface area contributed by atoms with Gasteiger partial charge in [-0.2, -0.15) is 4.98 Å². The Morgan fingerprint density at radius 1 is 1.16 bits per heavy atom. The summed E-state index contributed by atoms with van der Waals surface area (Å²) in [6.07, 6.45) is 5.12. The van der Waals surface area contributed by atoms with Crippen molar-refractivity contribution >= 4 is 5.91 Å². The fourth-order valence-electron chi connectivity index (χ4n) is 3.69. The maximum absolute atomic E-state index is 12.9. The fourth-order valence-corrected chi connectivity index (χ4v) is 3.69. The van der Waals surface area contributed by atoms with E-state index >= 15 is 0 Å². The van der Waals surface area contributed by atoms with Crippen molar-refractivity contribution in [1.82, 2.24) is 25.0 Å². The van der Waals surface area contributed by atoms with E-state index in [2.05, 4.69) is 20.1 Å². The summed E-state index contributed by atoms with van der Waals surface area (Å²) in [5.41, 5.74) is 2.20. The molecule has 0 radical (unpaired) electrons. The van der Waals surface area contributed by atoms with E-state index in [9.17, 15) is 4.79 Å². The van der Waals surface area contributed by atoms with Crippen molar-refractivity contribution in [3.63, 3.8) is 0 Å². The fraction of sp³-hybridized carbons (Fsp3) is 0.409. The second kappa shape index (κ2) is 9.11. The number of amides is 1. The Kier molecular flexibility index (Phi) is 6.11. The number of rotatable bonds is 6. The number of carbonyl (C=O) groups is 1. The average Bonchev–Trinajstić information content (AvgIpc) is 3.30. The van der Waals surface area contributed by atoms with Crippen molar-refractivity contribution in [2.24, 2.45) is 0 Å². The van der Waals surface area contributed by atoms with E-state index in [1.165, 1.54) is 0 Å². The predicted octanol–water partition coefficient (Wildman–Crippen LogP) is 2.80. The molecule has 0 unspecified atom stereocenters. The standard InChI is InChI=1S/C22H25N5O4/c1-14-12-24-18(13-23-14)22-25-21(26-31-22)15-6-8-27(9-7-15)20(28)11-16-10-17(29-2)4-5-19(16)30-3/h4-5,10,12-13,15H,6-9,11H2,1-3H3. The Morgan fingerprint density at radius 3 is 2.65 bits per heavy atom. The van der Waals surface area contributed by atoms with Crippen molar-refractivity contribution in [2.45, 2.75) is 32.1 Å². The normalized spacial score (nSPS) is 14.5. The molecule has 0 N–H and O–H groups in total. The number of methoxy groups -OCH3 is 2. The molecule has 0 spiro atoms. The number of carbonyl (C=O) groups excluding carboxylic acids is 1. The lowest BCUT2D eigenvalue weighted by Crippen LogP contribution is -2.39. The lowest BCUT2D eigenvalue weighted by Gasteiger charge is -2.30. The van der Waals surface area contributed by atoms with E-state index in [4.69, 9.17) is 14.0 Å². The summed E-state index contributed by atoms with van der Waals surface area (Å²) in [6.45, 7) is 3.16. The van der Waals surface area contributed by atoms with Crippen molar-refractivity contribution in [3.05, 3.63) is 47.7 Å². The molecular weight excluding hydrogens is 398 g/mol. The summed E-state index contributed by atoms with van der Waals surface area (Å²) in [5.74, 6) is 2.61. The Labute approximate surface area is 180 Å². The van der Waals surface area contributed by atoms with Gasteiger partial charge >= 0.3 is 0 Å². The number of hydrogen-bond acceptors (Lipinski definition) is 8. The molecule has 1 saturated heterocycles. The quantitative estimate of drug-likeness (QED) is 0.596. The minimum Gasteiger partial charge on any atom is -0.497 e. The van der Waals surface area contributed by atoms with Gasteiger partial charge in [0.15, 0.2) is 5.82 Å². The van der Waals surface area contributed by atoms with E-state index in [-0.39, 0.29) is 18.2 Å². The molecule has 0 bridgehead atoms. The number of likely N-dealkylation sites (tertiary alicyclic amines) is 1. The van der Waals surface area contributed by atoms with Crippen molar-refractivity contribution in [3.8, 4) is 23.1 Å². The van der Waals surface area contributed by atoms with Gasteiger partial charge in [-0.15, -0.1) is 0 Å². The number of aromatic nitrogens is 4. The third kappa shape index (κ3) is 4.65. The molecule has 9 nitrogen and oxygen atoms in total. The number of ether oxygens (including phenoxy) is 2. The number of piperidine rings is 1. The van der Waals surface area contributed by atoms with Crippen LogP contribution in [0.5, 0.6) is 11.5 Å². The maximum atomic E-state index is 12.9. The summed E-state index contributed by atoms with van der Waals surface area (Å²) in [7, 11) is 3.20. The maximum Gasteiger partial charge on any atom is 0.278 e. The predicted molar refractivity (Wildman–Crippen MR) is 112 cm³/mol. The highest BCUT2D eigenvalue weighted by Crippen LogP contribution is 2.29. The zero-order chi connectivity index (χ0) is 21.8. The molecular formula is C22H25N5O4. The van der Waals surface area contributed by atoms with Gasteiger partial charge in [0.25, 0.3) is 5.89 Å². The van der Waals surface area contributed by atoms with E-state index in [1.54, 1.807) is 26.6 Å². The van der Waals surface area contributed by atoms with E-state index < -0.39 is 0 Å². The Hall–Kier alpha value is -3.49. The molecule has 4 rings (SSSR count). The van der Waals surface area contributed by atoms with Gasteiger partial charge in [0.05, 0.1) is 32.5 Å². The highest BCUT2D eigenvalue weighted by Gasteiger charge is 2.28. The summed E-state index contributed by atoms with van der Waals surface area (Å²) < 4.78 is 16.0. The van der Waals surface area contributed by atoms with Gasteiger partial charge in [-0.05, 0) is 38.0 Å². The van der Waals surface area contributed by atoms with Crippen LogP contribution in [0.4, 0.5) is 0 Å². The first-order chi connectivity index (χ1) is 15.1. The first kappa shape index (κ1) is 20.8. The van der Waals surface area contributed by atoms with Crippen LogP contribution in [0.2, 0.25) is 0 Å². The van der Waals surface area contributed by atoms with Gasteiger partial charge in [0, 0.05) is 30.8 Å². The molecule has 0 aliphatic carbocycles. The van der Waals surface area contributed by atoms with Crippen LogP contribution in [0, 0.1) is 6.92 Å². The molecule has 0 saturated carbocycles. The second-order valence-corrected chi connectivity index (χ2v) is 7.51. The highest BCUT2D eigenvalue weighted by molar-refractivity contribution is 5.79. The average molecular weight is 423 g/mol. The van der Waals surface area contributed by atoms with Gasteiger partial charge in [-0.1, -0.05) is 5.16 Å². The Morgan fingerprint density at radius 2 is 1.97 bits per heavy atom. The molecule has 1 aromatic carbocycles. The minimum atomic E-state index is 0.0636. The van der Waals surface area contributed by atoms with Crippen LogP contribution < -0.4 is 9.47 Å². The van der Waals surface area contributed by atoms with Crippen molar-refractivity contribution < 1.29 is 18.8 Å².